The van der Waals surface area contributed by atoms with Crippen LogP contribution in [0.1, 0.15) is 43.3 Å². The Kier molecular flexibility index (Phi) is 6.01. The fourth-order valence-electron chi connectivity index (χ4n) is 3.58. The molecule has 1 atom stereocenters. The van der Waals surface area contributed by atoms with E-state index in [1.54, 1.807) is 30.3 Å². The van der Waals surface area contributed by atoms with Gasteiger partial charge in [-0.15, -0.1) is 0 Å². The van der Waals surface area contributed by atoms with E-state index in [1.807, 2.05) is 31.2 Å². The molecule has 166 valence electrons. The van der Waals surface area contributed by atoms with E-state index in [9.17, 15) is 24.4 Å². The molecule has 33 heavy (non-hydrogen) atoms. The zero-order valence-corrected chi connectivity index (χ0v) is 17.7. The SMILES string of the molecule is Cc1ccc(CNC(=O)C2C(=O)N(O)C(=O)c3cc(NC(=O)c4ccccc4)ccc32)cc1. The van der Waals surface area contributed by atoms with Crippen LogP contribution < -0.4 is 10.6 Å². The Morgan fingerprint density at radius 2 is 1.67 bits per heavy atom. The monoisotopic (exact) mass is 443 g/mol. The van der Waals surface area contributed by atoms with Gasteiger partial charge >= 0.3 is 0 Å². The van der Waals surface area contributed by atoms with Crippen molar-refractivity contribution in [3.8, 4) is 0 Å². The second-order valence-electron chi connectivity index (χ2n) is 7.71. The number of rotatable bonds is 5. The van der Waals surface area contributed by atoms with Crippen LogP contribution in [0.5, 0.6) is 0 Å². The van der Waals surface area contributed by atoms with Crippen LogP contribution in [-0.2, 0) is 16.1 Å². The molecule has 0 radical (unpaired) electrons. The Morgan fingerprint density at radius 1 is 0.970 bits per heavy atom. The van der Waals surface area contributed by atoms with Gasteiger partial charge in [-0.1, -0.05) is 54.1 Å². The van der Waals surface area contributed by atoms with Crippen molar-refractivity contribution >= 4 is 29.3 Å². The molecule has 8 nitrogen and oxygen atoms in total. The predicted octanol–water partition coefficient (Wildman–Crippen LogP) is 3.02. The Labute approximate surface area is 189 Å². The van der Waals surface area contributed by atoms with Crippen molar-refractivity contribution in [2.24, 2.45) is 0 Å². The third-order valence-electron chi connectivity index (χ3n) is 5.39. The minimum Gasteiger partial charge on any atom is -0.351 e. The van der Waals surface area contributed by atoms with E-state index >= 15 is 0 Å². The maximum atomic E-state index is 12.9. The molecule has 0 saturated heterocycles. The molecule has 3 N–H and O–H groups in total. The molecule has 0 spiro atoms. The second kappa shape index (κ2) is 9.05. The summed E-state index contributed by atoms with van der Waals surface area (Å²) in [7, 11) is 0. The first kappa shape index (κ1) is 21.9. The van der Waals surface area contributed by atoms with Gasteiger partial charge in [0.15, 0.2) is 0 Å². The summed E-state index contributed by atoms with van der Waals surface area (Å²) in [4.78, 5) is 50.4. The minimum absolute atomic E-state index is 0.0431. The number of benzene rings is 3. The standard InChI is InChI=1S/C25H21N3O5/c1-15-7-9-16(10-8-15)14-26-23(30)21-19-12-11-18(13-20(19)24(31)28(33)25(21)32)27-22(29)17-5-3-2-4-6-17/h2-13,21,33H,14H2,1H3,(H,26,30)(H,27,29). The highest BCUT2D eigenvalue weighted by atomic mass is 16.5. The molecule has 3 aromatic carbocycles. The molecule has 1 aliphatic rings. The molecule has 0 bridgehead atoms. The summed E-state index contributed by atoms with van der Waals surface area (Å²) in [6.45, 7) is 2.13. The molecule has 4 rings (SSSR count). The van der Waals surface area contributed by atoms with E-state index in [0.29, 0.717) is 5.56 Å². The lowest BCUT2D eigenvalue weighted by Gasteiger charge is -2.28. The number of fused-ring (bicyclic) bond motifs is 1. The molecule has 0 aliphatic carbocycles. The number of amides is 4. The molecule has 0 fully saturated rings. The molecule has 1 unspecified atom stereocenters. The van der Waals surface area contributed by atoms with Crippen LogP contribution in [0.2, 0.25) is 0 Å². The fourth-order valence-corrected chi connectivity index (χ4v) is 3.58. The van der Waals surface area contributed by atoms with Crippen molar-refractivity contribution in [3.05, 3.63) is 101 Å². The number of nitrogens with one attached hydrogen (secondary N) is 2. The van der Waals surface area contributed by atoms with Gasteiger partial charge in [0.2, 0.25) is 5.91 Å². The quantitative estimate of drug-likeness (QED) is 0.319. The molecule has 1 aliphatic heterocycles. The first-order chi connectivity index (χ1) is 15.8. The van der Waals surface area contributed by atoms with Crippen molar-refractivity contribution in [3.63, 3.8) is 0 Å². The van der Waals surface area contributed by atoms with Crippen molar-refractivity contribution in [1.82, 2.24) is 10.4 Å². The maximum absolute atomic E-state index is 12.9. The smallest absolute Gasteiger partial charge is 0.285 e. The van der Waals surface area contributed by atoms with Crippen molar-refractivity contribution in [2.45, 2.75) is 19.4 Å². The van der Waals surface area contributed by atoms with Gasteiger partial charge in [-0.2, -0.15) is 5.06 Å². The fraction of sp³-hybridized carbons (Fsp3) is 0.120. The van der Waals surface area contributed by atoms with E-state index < -0.39 is 23.6 Å². The van der Waals surface area contributed by atoms with Gasteiger partial charge in [-0.25, -0.2) is 0 Å². The van der Waals surface area contributed by atoms with Gasteiger partial charge in [0.05, 0.1) is 0 Å². The number of hydrogen-bond acceptors (Lipinski definition) is 5. The molecule has 8 heteroatoms. The predicted molar refractivity (Wildman–Crippen MR) is 120 cm³/mol. The van der Waals surface area contributed by atoms with Gasteiger partial charge in [0.25, 0.3) is 17.7 Å². The highest BCUT2D eigenvalue weighted by Crippen LogP contribution is 2.31. The molecular formula is C25H21N3O5. The van der Waals surface area contributed by atoms with Gasteiger partial charge in [0, 0.05) is 23.4 Å². The lowest BCUT2D eigenvalue weighted by atomic mass is 9.88. The van der Waals surface area contributed by atoms with E-state index in [1.165, 1.54) is 18.2 Å². The zero-order valence-electron chi connectivity index (χ0n) is 17.7. The summed E-state index contributed by atoms with van der Waals surface area (Å²) in [5, 5.41) is 15.3. The van der Waals surface area contributed by atoms with E-state index in [-0.39, 0.29) is 34.3 Å². The Bertz CT molecular complexity index is 1240. The second-order valence-corrected chi connectivity index (χ2v) is 7.71. The van der Waals surface area contributed by atoms with Crippen molar-refractivity contribution in [1.29, 1.82) is 0 Å². The number of hydrogen-bond donors (Lipinski definition) is 3. The highest BCUT2D eigenvalue weighted by Gasteiger charge is 2.42. The number of carbonyl (C=O) groups excluding carboxylic acids is 4. The van der Waals surface area contributed by atoms with Crippen LogP contribution in [0.3, 0.4) is 0 Å². The number of nitrogens with zero attached hydrogens (tertiary/aromatic N) is 1. The molecular weight excluding hydrogens is 422 g/mol. The Morgan fingerprint density at radius 3 is 2.36 bits per heavy atom. The largest absolute Gasteiger partial charge is 0.351 e. The van der Waals surface area contributed by atoms with Crippen LogP contribution in [0.25, 0.3) is 0 Å². The third-order valence-corrected chi connectivity index (χ3v) is 5.39. The van der Waals surface area contributed by atoms with Gasteiger partial charge in [0.1, 0.15) is 5.92 Å². The van der Waals surface area contributed by atoms with Gasteiger partial charge in [-0.05, 0) is 42.3 Å². The first-order valence-corrected chi connectivity index (χ1v) is 10.3. The Balaban J connectivity index is 1.57. The summed E-state index contributed by atoms with van der Waals surface area (Å²) in [5.41, 5.74) is 2.75. The normalized spacial score (nSPS) is 15.1. The van der Waals surface area contributed by atoms with E-state index in [2.05, 4.69) is 10.6 Å². The lowest BCUT2D eigenvalue weighted by molar-refractivity contribution is -0.158. The topological polar surface area (TPSA) is 116 Å². The Hall–Kier alpha value is -4.30. The maximum Gasteiger partial charge on any atom is 0.285 e. The average molecular weight is 443 g/mol. The molecule has 0 saturated carbocycles. The molecule has 4 amide bonds. The first-order valence-electron chi connectivity index (χ1n) is 10.3. The summed E-state index contributed by atoms with van der Waals surface area (Å²) < 4.78 is 0. The third kappa shape index (κ3) is 4.51. The number of aryl methyl sites for hydroxylation is 1. The lowest BCUT2D eigenvalue weighted by Crippen LogP contribution is -2.47. The molecule has 1 heterocycles. The summed E-state index contributed by atoms with van der Waals surface area (Å²) in [6.07, 6.45) is 0. The van der Waals surface area contributed by atoms with Gasteiger partial charge in [-0.3, -0.25) is 24.4 Å². The van der Waals surface area contributed by atoms with Crippen LogP contribution in [0.4, 0.5) is 5.69 Å². The zero-order chi connectivity index (χ0) is 23.5. The van der Waals surface area contributed by atoms with Crippen LogP contribution in [-0.4, -0.2) is 33.9 Å². The number of anilines is 1. The molecule has 0 aromatic heterocycles. The van der Waals surface area contributed by atoms with Crippen LogP contribution in [0.15, 0.2) is 72.8 Å². The summed E-state index contributed by atoms with van der Waals surface area (Å²) in [6, 6.07) is 20.3. The van der Waals surface area contributed by atoms with Crippen molar-refractivity contribution in [2.75, 3.05) is 5.32 Å². The van der Waals surface area contributed by atoms with Crippen molar-refractivity contribution < 1.29 is 24.4 Å². The average Bonchev–Trinajstić information content (AvgIpc) is 2.83. The minimum atomic E-state index is -1.40. The van der Waals surface area contributed by atoms with Crippen LogP contribution in [0, 0.1) is 6.92 Å². The number of imide groups is 1. The summed E-state index contributed by atoms with van der Waals surface area (Å²) in [5.74, 6) is -4.42. The summed E-state index contributed by atoms with van der Waals surface area (Å²) >= 11 is 0. The number of hydroxylamine groups is 2. The van der Waals surface area contributed by atoms with Crippen LogP contribution >= 0.6 is 0 Å². The molecule has 3 aromatic rings. The number of carbonyl (C=O) groups is 4. The highest BCUT2D eigenvalue weighted by molar-refractivity contribution is 6.18. The van der Waals surface area contributed by atoms with E-state index in [0.717, 1.165) is 11.1 Å². The van der Waals surface area contributed by atoms with Gasteiger partial charge < -0.3 is 10.6 Å². The van der Waals surface area contributed by atoms with E-state index in [4.69, 9.17) is 0 Å².